The van der Waals surface area contributed by atoms with Crippen LogP contribution in [0, 0.1) is 0 Å². The third kappa shape index (κ3) is 4.14. The Labute approximate surface area is 85.5 Å². The highest BCUT2D eigenvalue weighted by Crippen LogP contribution is 2.11. The largest absolute Gasteiger partial charge is 0.399 e. The van der Waals surface area contributed by atoms with E-state index in [1.165, 1.54) is 6.42 Å². The third-order valence-electron chi connectivity index (χ3n) is 2.10. The van der Waals surface area contributed by atoms with E-state index in [2.05, 4.69) is 5.32 Å². The minimum atomic E-state index is 0.790. The fourth-order valence-electron chi connectivity index (χ4n) is 1.33. The van der Waals surface area contributed by atoms with Crippen molar-refractivity contribution in [2.75, 3.05) is 24.1 Å². The van der Waals surface area contributed by atoms with Crippen LogP contribution in [0.5, 0.6) is 0 Å². The van der Waals surface area contributed by atoms with Crippen LogP contribution in [0.1, 0.15) is 19.3 Å². The van der Waals surface area contributed by atoms with E-state index in [1.807, 2.05) is 24.3 Å². The summed E-state index contributed by atoms with van der Waals surface area (Å²) in [5.41, 5.74) is 13.0. The molecule has 0 aliphatic heterocycles. The summed E-state index contributed by atoms with van der Waals surface area (Å²) in [6.45, 7) is 1.78. The van der Waals surface area contributed by atoms with E-state index in [-0.39, 0.29) is 0 Å². The molecule has 0 amide bonds. The summed E-state index contributed by atoms with van der Waals surface area (Å²) >= 11 is 0. The van der Waals surface area contributed by atoms with Gasteiger partial charge in [0.1, 0.15) is 0 Å². The third-order valence-corrected chi connectivity index (χ3v) is 2.10. The lowest BCUT2D eigenvalue weighted by molar-refractivity contribution is 0.707. The lowest BCUT2D eigenvalue weighted by Crippen LogP contribution is -2.04. The highest BCUT2D eigenvalue weighted by Gasteiger charge is 1.91. The van der Waals surface area contributed by atoms with Gasteiger partial charge in [-0.15, -0.1) is 0 Å². The number of nitrogens with two attached hydrogens (primary N) is 2. The van der Waals surface area contributed by atoms with Crippen LogP contribution in [-0.2, 0) is 0 Å². The predicted octanol–water partition coefficient (Wildman–Crippen LogP) is 1.81. The topological polar surface area (TPSA) is 64.1 Å². The Morgan fingerprint density at radius 3 is 2.71 bits per heavy atom. The van der Waals surface area contributed by atoms with Gasteiger partial charge in [0, 0.05) is 17.9 Å². The van der Waals surface area contributed by atoms with Gasteiger partial charge in [-0.3, -0.25) is 0 Å². The molecule has 1 aromatic carbocycles. The molecule has 1 rings (SSSR count). The number of hydrogen-bond donors (Lipinski definition) is 3. The van der Waals surface area contributed by atoms with Crippen LogP contribution in [0.2, 0.25) is 0 Å². The second-order valence-corrected chi connectivity index (χ2v) is 3.40. The number of anilines is 2. The van der Waals surface area contributed by atoms with E-state index < -0.39 is 0 Å². The molecule has 0 aliphatic rings. The molecular formula is C11H19N3. The van der Waals surface area contributed by atoms with E-state index >= 15 is 0 Å². The minimum Gasteiger partial charge on any atom is -0.399 e. The van der Waals surface area contributed by atoms with Gasteiger partial charge in [0.25, 0.3) is 0 Å². The molecule has 5 N–H and O–H groups in total. The normalized spacial score (nSPS) is 10.1. The van der Waals surface area contributed by atoms with Gasteiger partial charge < -0.3 is 16.8 Å². The SMILES string of the molecule is NCCCCCNc1cccc(N)c1. The fourth-order valence-corrected chi connectivity index (χ4v) is 1.33. The first-order valence-electron chi connectivity index (χ1n) is 5.12. The second-order valence-electron chi connectivity index (χ2n) is 3.40. The van der Waals surface area contributed by atoms with Crippen LogP contribution < -0.4 is 16.8 Å². The van der Waals surface area contributed by atoms with Crippen LogP contribution in [0.15, 0.2) is 24.3 Å². The fraction of sp³-hybridized carbons (Fsp3) is 0.455. The van der Waals surface area contributed by atoms with Crippen LogP contribution in [0.4, 0.5) is 11.4 Å². The smallest absolute Gasteiger partial charge is 0.0360 e. The quantitative estimate of drug-likeness (QED) is 0.477. The second kappa shape index (κ2) is 6.27. The molecule has 78 valence electrons. The van der Waals surface area contributed by atoms with E-state index in [0.717, 1.165) is 37.3 Å². The summed E-state index contributed by atoms with van der Waals surface area (Å²) < 4.78 is 0. The Bertz CT molecular complexity index is 260. The molecule has 0 saturated carbocycles. The molecule has 0 spiro atoms. The Morgan fingerprint density at radius 1 is 1.14 bits per heavy atom. The molecule has 0 radical (unpaired) electrons. The summed E-state index contributed by atoms with van der Waals surface area (Å²) in [4.78, 5) is 0. The number of rotatable bonds is 6. The maximum atomic E-state index is 5.65. The van der Waals surface area contributed by atoms with Crippen LogP contribution in [0.25, 0.3) is 0 Å². The van der Waals surface area contributed by atoms with Crippen molar-refractivity contribution in [2.45, 2.75) is 19.3 Å². The average Bonchev–Trinajstić information content (AvgIpc) is 2.18. The highest BCUT2D eigenvalue weighted by atomic mass is 14.9. The zero-order valence-corrected chi connectivity index (χ0v) is 8.50. The average molecular weight is 193 g/mol. The Hall–Kier alpha value is -1.22. The number of hydrogen-bond acceptors (Lipinski definition) is 3. The maximum absolute atomic E-state index is 5.65. The summed E-state index contributed by atoms with van der Waals surface area (Å²) in [5, 5.41) is 3.32. The molecule has 14 heavy (non-hydrogen) atoms. The molecule has 0 fully saturated rings. The molecule has 0 saturated heterocycles. The first-order valence-corrected chi connectivity index (χ1v) is 5.12. The van der Waals surface area contributed by atoms with Crippen molar-refractivity contribution in [2.24, 2.45) is 5.73 Å². The van der Waals surface area contributed by atoms with E-state index in [9.17, 15) is 0 Å². The molecule has 0 unspecified atom stereocenters. The van der Waals surface area contributed by atoms with Gasteiger partial charge >= 0.3 is 0 Å². The van der Waals surface area contributed by atoms with E-state index in [0.29, 0.717) is 0 Å². The van der Waals surface area contributed by atoms with E-state index in [4.69, 9.17) is 11.5 Å². The maximum Gasteiger partial charge on any atom is 0.0360 e. The van der Waals surface area contributed by atoms with Gasteiger partial charge in [-0.05, 0) is 37.6 Å². The monoisotopic (exact) mass is 193 g/mol. The van der Waals surface area contributed by atoms with Gasteiger partial charge in [0.2, 0.25) is 0 Å². The lowest BCUT2D eigenvalue weighted by atomic mass is 10.2. The predicted molar refractivity (Wildman–Crippen MR) is 62.2 cm³/mol. The first kappa shape index (κ1) is 10.9. The molecule has 0 aliphatic carbocycles. The van der Waals surface area contributed by atoms with Crippen molar-refractivity contribution in [3.8, 4) is 0 Å². The van der Waals surface area contributed by atoms with Crippen molar-refractivity contribution >= 4 is 11.4 Å². The lowest BCUT2D eigenvalue weighted by Gasteiger charge is -2.06. The number of unbranched alkanes of at least 4 members (excludes halogenated alkanes) is 2. The standard InChI is InChI=1S/C11H19N3/c12-7-2-1-3-8-14-11-6-4-5-10(13)9-11/h4-6,9,14H,1-3,7-8,12-13H2. The molecule has 0 atom stereocenters. The Morgan fingerprint density at radius 2 is 2.00 bits per heavy atom. The Balaban J connectivity index is 2.18. The number of nitrogens with one attached hydrogen (secondary N) is 1. The summed E-state index contributed by atoms with van der Waals surface area (Å²) in [6.07, 6.45) is 3.45. The van der Waals surface area contributed by atoms with Gasteiger partial charge in [0.15, 0.2) is 0 Å². The first-order chi connectivity index (χ1) is 6.83. The van der Waals surface area contributed by atoms with Gasteiger partial charge in [-0.25, -0.2) is 0 Å². The zero-order chi connectivity index (χ0) is 10.2. The minimum absolute atomic E-state index is 0.790. The molecule has 0 bridgehead atoms. The number of benzene rings is 1. The highest BCUT2D eigenvalue weighted by molar-refractivity contribution is 5.53. The molecule has 0 aromatic heterocycles. The zero-order valence-electron chi connectivity index (χ0n) is 8.50. The van der Waals surface area contributed by atoms with E-state index in [1.54, 1.807) is 0 Å². The number of nitrogen functional groups attached to an aromatic ring is 1. The summed E-state index contributed by atoms with van der Waals surface area (Å²) in [5.74, 6) is 0. The summed E-state index contributed by atoms with van der Waals surface area (Å²) in [7, 11) is 0. The molecule has 3 nitrogen and oxygen atoms in total. The summed E-state index contributed by atoms with van der Waals surface area (Å²) in [6, 6.07) is 7.82. The van der Waals surface area contributed by atoms with Crippen molar-refractivity contribution < 1.29 is 0 Å². The van der Waals surface area contributed by atoms with Crippen molar-refractivity contribution in [3.05, 3.63) is 24.3 Å². The van der Waals surface area contributed by atoms with Gasteiger partial charge in [0.05, 0.1) is 0 Å². The van der Waals surface area contributed by atoms with Crippen molar-refractivity contribution in [3.63, 3.8) is 0 Å². The molecule has 0 heterocycles. The molecule has 1 aromatic rings. The van der Waals surface area contributed by atoms with Gasteiger partial charge in [-0.2, -0.15) is 0 Å². The van der Waals surface area contributed by atoms with Crippen LogP contribution in [0.3, 0.4) is 0 Å². The molecule has 3 heteroatoms. The molecular weight excluding hydrogens is 174 g/mol. The Kier molecular flexibility index (Phi) is 4.86. The van der Waals surface area contributed by atoms with Crippen LogP contribution >= 0.6 is 0 Å². The van der Waals surface area contributed by atoms with Gasteiger partial charge in [-0.1, -0.05) is 12.5 Å². The van der Waals surface area contributed by atoms with Crippen molar-refractivity contribution in [1.29, 1.82) is 0 Å². The van der Waals surface area contributed by atoms with Crippen molar-refractivity contribution in [1.82, 2.24) is 0 Å². The van der Waals surface area contributed by atoms with Crippen LogP contribution in [-0.4, -0.2) is 13.1 Å².